The van der Waals surface area contributed by atoms with Crippen LogP contribution in [0.25, 0.3) is 0 Å². The molecule has 0 aromatic heterocycles. The van der Waals surface area contributed by atoms with E-state index in [-0.39, 0.29) is 46.1 Å². The van der Waals surface area contributed by atoms with Crippen LogP contribution in [0.4, 0.5) is 21.0 Å². The highest BCUT2D eigenvalue weighted by Crippen LogP contribution is 2.30. The molecule has 4 amide bonds. The molecule has 4 fully saturated rings. The number of halogens is 3. The second-order valence-corrected chi connectivity index (χ2v) is 20.5. The van der Waals surface area contributed by atoms with Crippen LogP contribution in [0.3, 0.4) is 0 Å². The fourth-order valence-corrected chi connectivity index (χ4v) is 8.91. The van der Waals surface area contributed by atoms with Crippen molar-refractivity contribution in [1.82, 2.24) is 19.6 Å². The first-order valence-electron chi connectivity index (χ1n) is 20.9. The smallest absolute Gasteiger partial charge is 0.410 e. The summed E-state index contributed by atoms with van der Waals surface area (Å²) in [5.74, 6) is 1.08. The number of alkyl halides is 1. The molecule has 59 heavy (non-hydrogen) atoms. The molecule has 4 heterocycles. The monoisotopic (exact) mass is 970 g/mol. The van der Waals surface area contributed by atoms with Gasteiger partial charge >= 0.3 is 12.2 Å². The lowest BCUT2D eigenvalue weighted by Gasteiger charge is -2.46. The van der Waals surface area contributed by atoms with Gasteiger partial charge < -0.3 is 40.1 Å². The van der Waals surface area contributed by atoms with Gasteiger partial charge in [0.2, 0.25) is 11.8 Å². The molecule has 6 atom stereocenters. The lowest BCUT2D eigenvalue weighted by Crippen LogP contribution is -2.60. The number of likely N-dealkylation sites (tertiary alicyclic amines) is 4. The molecule has 6 rings (SSSR count). The van der Waals surface area contributed by atoms with Crippen LogP contribution in [0.15, 0.2) is 48.5 Å². The van der Waals surface area contributed by atoms with Gasteiger partial charge in [-0.15, -0.1) is 0 Å². The number of carbonyl (C=O) groups is 4. The number of anilines is 2. The Kier molecular flexibility index (Phi) is 17.7. The van der Waals surface area contributed by atoms with Crippen LogP contribution in [-0.4, -0.2) is 116 Å². The van der Waals surface area contributed by atoms with E-state index < -0.39 is 11.2 Å². The molecular formula is C44H65Cl2IN6O6. The van der Waals surface area contributed by atoms with Crippen LogP contribution < -0.4 is 11.1 Å². The number of nitrogens with one attached hydrogen (secondary N) is 1. The zero-order valence-corrected chi connectivity index (χ0v) is 39.7. The Bertz CT molecular complexity index is 1720. The molecular weight excluding hydrogens is 906 g/mol. The largest absolute Gasteiger partial charge is 0.444 e. The number of benzene rings is 2. The van der Waals surface area contributed by atoms with Gasteiger partial charge in [0.1, 0.15) is 17.2 Å². The van der Waals surface area contributed by atoms with E-state index in [2.05, 4.69) is 41.8 Å². The first-order chi connectivity index (χ1) is 27.6. The van der Waals surface area contributed by atoms with Gasteiger partial charge in [-0.2, -0.15) is 0 Å². The molecule has 0 bridgehead atoms. The summed E-state index contributed by atoms with van der Waals surface area (Å²) >= 11 is 13.9. The van der Waals surface area contributed by atoms with E-state index in [1.807, 2.05) is 81.7 Å². The van der Waals surface area contributed by atoms with Gasteiger partial charge in [0.15, 0.2) is 0 Å². The number of carbonyl (C=O) groups excluding carboxylic acids is 4. The molecule has 0 spiro atoms. The number of hydrogen-bond acceptors (Lipinski definition) is 8. The van der Waals surface area contributed by atoms with Crippen molar-refractivity contribution in [1.29, 1.82) is 0 Å². The standard InChI is InChI=1S/C22H32ClN3O3.C16H27IN2O3.C6H6ClN/c1-15-10-12-25(21(28)29-22(2,3)4)14-19(15)26-11-6-9-18(20(26)27)24-17-8-5-7-16(23)13-17;1-11-7-9-18(15(21)22-16(2,3)4)10-13(11)19-8-5-6-12(17)14(19)20;7-5-2-1-3-6(8)4-5/h5,7-8,13,15,18-19,24H,6,9-12,14H2,1-4H3;11-13H,5-10H2,1-4H3;1-4H,8H2/t15-,18?,19-;11-,12?,13-;/m00./s1. The summed E-state index contributed by atoms with van der Waals surface area (Å²) in [6.45, 7) is 19.6. The molecule has 3 N–H and O–H groups in total. The number of piperidine rings is 4. The SMILES string of the molecule is C[C@H]1CCN(C(=O)OC(C)(C)C)C[C@@H]1N1CCCC(I)C1=O.C[C@H]1CCN(C(=O)OC(C)(C)C)C[C@@H]1N1CCCC(Nc2cccc(Cl)c2)C1=O.Nc1cccc(Cl)c1. The topological polar surface area (TPSA) is 138 Å². The normalized spacial score (nSPS) is 25.2. The molecule has 2 aromatic carbocycles. The first kappa shape index (κ1) is 48.5. The van der Waals surface area contributed by atoms with Gasteiger partial charge in [0, 0.05) is 60.7 Å². The zero-order chi connectivity index (χ0) is 43.7. The highest BCUT2D eigenvalue weighted by molar-refractivity contribution is 14.1. The Morgan fingerprint density at radius 1 is 0.712 bits per heavy atom. The van der Waals surface area contributed by atoms with Crippen LogP contribution >= 0.6 is 45.8 Å². The molecule has 328 valence electrons. The van der Waals surface area contributed by atoms with E-state index in [4.69, 9.17) is 38.4 Å². The average molecular weight is 972 g/mol. The van der Waals surface area contributed by atoms with Crippen LogP contribution in [-0.2, 0) is 19.1 Å². The van der Waals surface area contributed by atoms with E-state index in [0.717, 1.165) is 57.3 Å². The summed E-state index contributed by atoms with van der Waals surface area (Å²) in [5.41, 5.74) is 5.92. The van der Waals surface area contributed by atoms with Crippen LogP contribution in [0, 0.1) is 11.8 Å². The van der Waals surface area contributed by atoms with Crippen molar-refractivity contribution >= 4 is 81.2 Å². The second kappa shape index (κ2) is 21.6. The van der Waals surface area contributed by atoms with Gasteiger partial charge in [-0.05, 0) is 128 Å². The predicted molar refractivity (Wildman–Crippen MR) is 245 cm³/mol. The van der Waals surface area contributed by atoms with Gasteiger partial charge in [-0.3, -0.25) is 9.59 Å². The first-order valence-corrected chi connectivity index (χ1v) is 22.9. The summed E-state index contributed by atoms with van der Waals surface area (Å²) in [4.78, 5) is 58.0. The van der Waals surface area contributed by atoms with E-state index in [1.54, 1.807) is 28.0 Å². The predicted octanol–water partition coefficient (Wildman–Crippen LogP) is 9.37. The Morgan fingerprint density at radius 3 is 1.64 bits per heavy atom. The molecule has 2 aromatic rings. The minimum Gasteiger partial charge on any atom is -0.444 e. The summed E-state index contributed by atoms with van der Waals surface area (Å²) in [5, 5.41) is 4.67. The van der Waals surface area contributed by atoms with E-state index in [9.17, 15) is 19.2 Å². The number of rotatable bonds is 4. The minimum atomic E-state index is -0.525. The molecule has 15 heteroatoms. The Balaban J connectivity index is 0.000000225. The quantitative estimate of drug-likeness (QED) is 0.176. The maximum Gasteiger partial charge on any atom is 0.410 e. The molecule has 0 radical (unpaired) electrons. The fraction of sp³-hybridized carbons (Fsp3) is 0.636. The van der Waals surface area contributed by atoms with Crippen molar-refractivity contribution < 1.29 is 28.7 Å². The number of nitrogens with zero attached hydrogens (tertiary/aromatic N) is 4. The third-order valence-corrected chi connectivity index (χ3v) is 12.5. The van der Waals surface area contributed by atoms with Crippen molar-refractivity contribution in [2.24, 2.45) is 11.8 Å². The summed E-state index contributed by atoms with van der Waals surface area (Å²) < 4.78 is 11.1. The second-order valence-electron chi connectivity index (χ2n) is 18.1. The van der Waals surface area contributed by atoms with E-state index >= 15 is 0 Å². The lowest BCUT2D eigenvalue weighted by molar-refractivity contribution is -0.139. The summed E-state index contributed by atoms with van der Waals surface area (Å²) in [6.07, 6.45) is 4.95. The van der Waals surface area contributed by atoms with Crippen LogP contribution in [0.1, 0.15) is 93.9 Å². The summed E-state index contributed by atoms with van der Waals surface area (Å²) in [7, 11) is 0. The molecule has 0 aliphatic carbocycles. The van der Waals surface area contributed by atoms with Crippen molar-refractivity contribution in [2.45, 2.75) is 127 Å². The Hall–Kier alpha value is -3.17. The highest BCUT2D eigenvalue weighted by atomic mass is 127. The Morgan fingerprint density at radius 2 is 1.19 bits per heavy atom. The molecule has 4 aliphatic heterocycles. The van der Waals surface area contributed by atoms with Crippen molar-refractivity contribution in [2.75, 3.05) is 50.3 Å². The third-order valence-electron chi connectivity index (χ3n) is 10.8. The Labute approximate surface area is 375 Å². The minimum absolute atomic E-state index is 0.00716. The number of nitrogens with two attached hydrogens (primary N) is 1. The molecule has 4 aliphatic rings. The fourth-order valence-electron chi connectivity index (χ4n) is 7.73. The maximum absolute atomic E-state index is 13.3. The maximum atomic E-state index is 13.3. The molecule has 0 saturated carbocycles. The van der Waals surface area contributed by atoms with Crippen molar-refractivity contribution in [3.05, 3.63) is 58.6 Å². The number of nitrogen functional groups attached to an aromatic ring is 1. The van der Waals surface area contributed by atoms with Gasteiger partial charge in [-0.1, -0.05) is 71.8 Å². The van der Waals surface area contributed by atoms with Crippen molar-refractivity contribution in [3.63, 3.8) is 0 Å². The lowest BCUT2D eigenvalue weighted by atomic mass is 9.90. The highest BCUT2D eigenvalue weighted by Gasteiger charge is 2.41. The molecule has 2 unspecified atom stereocenters. The number of ether oxygens (including phenoxy) is 2. The van der Waals surface area contributed by atoms with Crippen LogP contribution in [0.5, 0.6) is 0 Å². The van der Waals surface area contributed by atoms with Crippen LogP contribution in [0.2, 0.25) is 10.0 Å². The summed E-state index contributed by atoms with van der Waals surface area (Å²) in [6, 6.07) is 14.4. The van der Waals surface area contributed by atoms with Gasteiger partial charge in [-0.25, -0.2) is 9.59 Å². The number of amides is 4. The molecule has 4 saturated heterocycles. The van der Waals surface area contributed by atoms with Gasteiger partial charge in [0.05, 0.1) is 16.0 Å². The zero-order valence-electron chi connectivity index (χ0n) is 36.0. The van der Waals surface area contributed by atoms with Gasteiger partial charge in [0.25, 0.3) is 0 Å². The third kappa shape index (κ3) is 15.1. The number of hydrogen-bond donors (Lipinski definition) is 2. The average Bonchev–Trinajstić information content (AvgIpc) is 3.13. The van der Waals surface area contributed by atoms with E-state index in [0.29, 0.717) is 53.7 Å². The van der Waals surface area contributed by atoms with Crippen molar-refractivity contribution in [3.8, 4) is 0 Å². The molecule has 12 nitrogen and oxygen atoms in total. The van der Waals surface area contributed by atoms with E-state index in [1.165, 1.54) is 0 Å².